The Bertz CT molecular complexity index is 816. The number of hydrazine groups is 1. The van der Waals surface area contributed by atoms with Crippen LogP contribution in [0.4, 0.5) is 0 Å². The Morgan fingerprint density at radius 1 is 0.929 bits per heavy atom. The largest absolute Gasteiger partial charge is 0.483 e. The van der Waals surface area contributed by atoms with E-state index in [0.717, 1.165) is 16.7 Å². The smallest absolute Gasteiger partial charge is 0.279 e. The molecule has 28 heavy (non-hydrogen) atoms. The van der Waals surface area contributed by atoms with Crippen molar-refractivity contribution in [1.82, 2.24) is 10.9 Å². The zero-order chi connectivity index (χ0) is 20.7. The normalized spacial score (nSPS) is 11.6. The Hall–Kier alpha value is -3.02. The van der Waals surface area contributed by atoms with Crippen LogP contribution in [0.3, 0.4) is 0 Å². The van der Waals surface area contributed by atoms with Crippen molar-refractivity contribution in [3.63, 3.8) is 0 Å². The topological polar surface area (TPSA) is 76.7 Å². The lowest BCUT2D eigenvalue weighted by molar-refractivity contribution is -0.133. The van der Waals surface area contributed by atoms with Gasteiger partial charge in [-0.1, -0.05) is 43.7 Å². The predicted octanol–water partition coefficient (Wildman–Crippen LogP) is 3.42. The van der Waals surface area contributed by atoms with Crippen LogP contribution in [0.1, 0.15) is 43.4 Å². The summed E-state index contributed by atoms with van der Waals surface area (Å²) in [5, 5.41) is 0. The summed E-state index contributed by atoms with van der Waals surface area (Å²) in [5.41, 5.74) is 7.89. The molecule has 6 nitrogen and oxygen atoms in total. The molecular weight excluding hydrogens is 356 g/mol. The number of aryl methyl sites for hydroxylation is 2. The summed E-state index contributed by atoms with van der Waals surface area (Å²) < 4.78 is 11.2. The molecule has 0 spiro atoms. The van der Waals surface area contributed by atoms with E-state index in [1.54, 1.807) is 19.1 Å². The molecule has 150 valence electrons. The summed E-state index contributed by atoms with van der Waals surface area (Å²) in [6, 6.07) is 13.3. The molecule has 0 aliphatic rings. The summed E-state index contributed by atoms with van der Waals surface area (Å²) in [4.78, 5) is 24.1. The predicted molar refractivity (Wildman–Crippen MR) is 108 cm³/mol. The van der Waals surface area contributed by atoms with Gasteiger partial charge in [0.15, 0.2) is 12.7 Å². The first kappa shape index (κ1) is 21.3. The van der Waals surface area contributed by atoms with Crippen molar-refractivity contribution in [3.05, 3.63) is 59.2 Å². The molecule has 2 aromatic rings. The molecule has 2 N–H and O–H groups in total. The van der Waals surface area contributed by atoms with Crippen LogP contribution in [0, 0.1) is 13.8 Å². The summed E-state index contributed by atoms with van der Waals surface area (Å²) in [6.07, 6.45) is -0.756. The molecule has 1 atom stereocenters. The van der Waals surface area contributed by atoms with Gasteiger partial charge in [-0.05, 0) is 56.0 Å². The van der Waals surface area contributed by atoms with Gasteiger partial charge in [0.25, 0.3) is 11.8 Å². The molecule has 0 saturated heterocycles. The second-order valence-corrected chi connectivity index (χ2v) is 7.10. The molecule has 2 aromatic carbocycles. The summed E-state index contributed by atoms with van der Waals surface area (Å²) in [5.74, 6) is 0.633. The molecule has 0 radical (unpaired) electrons. The van der Waals surface area contributed by atoms with E-state index >= 15 is 0 Å². The maximum Gasteiger partial charge on any atom is 0.279 e. The molecule has 6 heteroatoms. The van der Waals surface area contributed by atoms with Crippen LogP contribution in [-0.2, 0) is 9.59 Å². The van der Waals surface area contributed by atoms with Crippen LogP contribution in [0.2, 0.25) is 0 Å². The van der Waals surface area contributed by atoms with Crippen LogP contribution in [0.15, 0.2) is 42.5 Å². The average molecular weight is 384 g/mol. The minimum absolute atomic E-state index is 0.198. The fourth-order valence-electron chi connectivity index (χ4n) is 2.53. The van der Waals surface area contributed by atoms with Crippen molar-refractivity contribution in [3.8, 4) is 11.5 Å². The number of hydrogen-bond acceptors (Lipinski definition) is 4. The van der Waals surface area contributed by atoms with Crippen molar-refractivity contribution < 1.29 is 19.1 Å². The first-order valence-corrected chi connectivity index (χ1v) is 9.31. The molecule has 0 unspecified atom stereocenters. The number of nitrogens with one attached hydrogen (secondary N) is 2. The molecule has 0 aliphatic heterocycles. The number of carbonyl (C=O) groups excluding carboxylic acids is 2. The fourth-order valence-corrected chi connectivity index (χ4v) is 2.53. The van der Waals surface area contributed by atoms with Gasteiger partial charge in [-0.25, -0.2) is 0 Å². The third kappa shape index (κ3) is 6.30. The number of carbonyl (C=O) groups is 2. The standard InChI is InChI=1S/C22H28N2O4/c1-14(2)19-11-8-16(4)12-20(19)27-13-21(25)23-24-22(26)17(5)28-18-9-6-15(3)7-10-18/h6-12,14,17H,13H2,1-5H3,(H,23,25)(H,24,26)/t17-/m1/s1. The lowest BCUT2D eigenvalue weighted by atomic mass is 10.0. The van der Waals surface area contributed by atoms with Gasteiger partial charge in [0, 0.05) is 0 Å². The second-order valence-electron chi connectivity index (χ2n) is 7.10. The number of benzene rings is 2. The van der Waals surface area contributed by atoms with Gasteiger partial charge in [-0.15, -0.1) is 0 Å². The Balaban J connectivity index is 1.81. The summed E-state index contributed by atoms with van der Waals surface area (Å²) in [6.45, 7) is 9.47. The van der Waals surface area contributed by atoms with Gasteiger partial charge >= 0.3 is 0 Å². The van der Waals surface area contributed by atoms with Gasteiger partial charge in [0.05, 0.1) is 0 Å². The zero-order valence-corrected chi connectivity index (χ0v) is 17.0. The van der Waals surface area contributed by atoms with Crippen LogP contribution in [0.5, 0.6) is 11.5 Å². The van der Waals surface area contributed by atoms with Crippen molar-refractivity contribution in [2.45, 2.75) is 46.6 Å². The van der Waals surface area contributed by atoms with Gasteiger partial charge in [0.2, 0.25) is 0 Å². The quantitative estimate of drug-likeness (QED) is 0.717. The highest BCUT2D eigenvalue weighted by molar-refractivity contribution is 5.85. The lowest BCUT2D eigenvalue weighted by Crippen LogP contribution is -2.48. The van der Waals surface area contributed by atoms with E-state index in [9.17, 15) is 9.59 Å². The number of rotatable bonds is 7. The van der Waals surface area contributed by atoms with E-state index < -0.39 is 17.9 Å². The number of hydrogen-bond donors (Lipinski definition) is 2. The monoisotopic (exact) mass is 384 g/mol. The zero-order valence-electron chi connectivity index (χ0n) is 17.0. The average Bonchev–Trinajstić information content (AvgIpc) is 2.65. The Labute approximate surface area is 166 Å². The van der Waals surface area contributed by atoms with E-state index in [1.807, 2.05) is 44.2 Å². The first-order valence-electron chi connectivity index (χ1n) is 9.31. The molecule has 0 bridgehead atoms. The Kier molecular flexibility index (Phi) is 7.44. The van der Waals surface area contributed by atoms with Crippen molar-refractivity contribution >= 4 is 11.8 Å². The first-order chi connectivity index (χ1) is 13.3. The Morgan fingerprint density at radius 2 is 1.57 bits per heavy atom. The van der Waals surface area contributed by atoms with Crippen LogP contribution in [0.25, 0.3) is 0 Å². The second kappa shape index (κ2) is 9.78. The molecule has 0 aliphatic carbocycles. The lowest BCUT2D eigenvalue weighted by Gasteiger charge is -2.16. The van der Waals surface area contributed by atoms with Crippen molar-refractivity contribution in [2.75, 3.05) is 6.61 Å². The number of ether oxygens (including phenoxy) is 2. The number of amides is 2. The van der Waals surface area contributed by atoms with E-state index in [4.69, 9.17) is 9.47 Å². The summed E-state index contributed by atoms with van der Waals surface area (Å²) in [7, 11) is 0. The van der Waals surface area contributed by atoms with Crippen LogP contribution in [-0.4, -0.2) is 24.5 Å². The van der Waals surface area contributed by atoms with Gasteiger partial charge < -0.3 is 9.47 Å². The third-order valence-corrected chi connectivity index (χ3v) is 4.18. The molecule has 0 saturated carbocycles. The highest BCUT2D eigenvalue weighted by Gasteiger charge is 2.16. The third-order valence-electron chi connectivity index (χ3n) is 4.18. The maximum absolute atomic E-state index is 12.1. The van der Waals surface area contributed by atoms with Crippen LogP contribution >= 0.6 is 0 Å². The highest BCUT2D eigenvalue weighted by atomic mass is 16.5. The Morgan fingerprint density at radius 3 is 2.21 bits per heavy atom. The van der Waals surface area contributed by atoms with Gasteiger partial charge in [0.1, 0.15) is 11.5 Å². The van der Waals surface area contributed by atoms with E-state index in [2.05, 4.69) is 24.7 Å². The fraction of sp³-hybridized carbons (Fsp3) is 0.364. The SMILES string of the molecule is Cc1ccc(O[C@H](C)C(=O)NNC(=O)COc2cc(C)ccc2C(C)C)cc1. The molecule has 0 heterocycles. The van der Waals surface area contributed by atoms with Crippen molar-refractivity contribution in [1.29, 1.82) is 0 Å². The van der Waals surface area contributed by atoms with E-state index in [1.165, 1.54) is 0 Å². The minimum atomic E-state index is -0.756. The maximum atomic E-state index is 12.1. The minimum Gasteiger partial charge on any atom is -0.483 e. The highest BCUT2D eigenvalue weighted by Crippen LogP contribution is 2.27. The molecule has 2 amide bonds. The molecular formula is C22H28N2O4. The van der Waals surface area contributed by atoms with Crippen molar-refractivity contribution in [2.24, 2.45) is 0 Å². The van der Waals surface area contributed by atoms with E-state index in [0.29, 0.717) is 11.5 Å². The van der Waals surface area contributed by atoms with Gasteiger partial charge in [-0.3, -0.25) is 20.4 Å². The van der Waals surface area contributed by atoms with E-state index in [-0.39, 0.29) is 12.5 Å². The van der Waals surface area contributed by atoms with Gasteiger partial charge in [-0.2, -0.15) is 0 Å². The molecule has 2 rings (SSSR count). The molecule has 0 aromatic heterocycles. The van der Waals surface area contributed by atoms with Crippen LogP contribution < -0.4 is 20.3 Å². The molecule has 0 fully saturated rings. The summed E-state index contributed by atoms with van der Waals surface area (Å²) >= 11 is 0.